The fraction of sp³-hybridized carbons (Fsp3) is 0.429. The maximum Gasteiger partial charge on any atom is 0.328 e. The third kappa shape index (κ3) is 9.05. The van der Waals surface area contributed by atoms with Crippen molar-refractivity contribution in [1.29, 1.82) is 0 Å². The summed E-state index contributed by atoms with van der Waals surface area (Å²) in [6.07, 6.45) is 2.96. The lowest BCUT2D eigenvalue weighted by atomic mass is 10.0. The van der Waals surface area contributed by atoms with E-state index in [-0.39, 0.29) is 24.7 Å². The number of aliphatic carboxylic acids is 1. The van der Waals surface area contributed by atoms with Crippen molar-refractivity contribution in [3.63, 3.8) is 0 Å². The molecule has 11 nitrogen and oxygen atoms in total. The Kier molecular flexibility index (Phi) is 11.9. The first-order chi connectivity index (χ1) is 19.2. The molecular formula is C28H36N2O9S. The third-order valence-corrected chi connectivity index (χ3v) is 7.48. The number of carboxylic acid groups (broad SMARTS) is 1. The summed E-state index contributed by atoms with van der Waals surface area (Å²) in [7, 11) is 2.06. The van der Waals surface area contributed by atoms with Crippen LogP contribution in [0.4, 0.5) is 0 Å². The number of benzene rings is 2. The van der Waals surface area contributed by atoms with Gasteiger partial charge in [-0.3, -0.25) is 10.1 Å². The second-order valence-corrected chi connectivity index (χ2v) is 10.4. The number of nitrogens with zero attached hydrogens (tertiary/aromatic N) is 2. The average Bonchev–Trinajstić information content (AvgIpc) is 3.53. The predicted molar refractivity (Wildman–Crippen MR) is 150 cm³/mol. The predicted octanol–water partition coefficient (Wildman–Crippen LogP) is 3.83. The largest absolute Gasteiger partial charge is 0.507 e. The third-order valence-electron chi connectivity index (χ3n) is 6.22. The van der Waals surface area contributed by atoms with E-state index >= 15 is 0 Å². The molecule has 4 rings (SSSR count). The average molecular weight is 577 g/mol. The summed E-state index contributed by atoms with van der Waals surface area (Å²) in [6, 6.07) is 9.58. The molecule has 0 bridgehead atoms. The Bertz CT molecular complexity index is 1170. The van der Waals surface area contributed by atoms with Gasteiger partial charge in [-0.05, 0) is 80.9 Å². The molecule has 0 saturated carbocycles. The second kappa shape index (κ2) is 15.4. The number of phenols is 1. The Hall–Kier alpha value is -3.45. The van der Waals surface area contributed by atoms with Crippen LogP contribution in [-0.4, -0.2) is 89.6 Å². The minimum atomic E-state index is -1.05. The number of carbonyl (C=O) groups is 2. The second-order valence-electron chi connectivity index (χ2n) is 9.31. The SMILES string of the molecule is Cc1cc([C@@H]2SCC(=O)N2CCCN(C)CCOc2ccc3c(c2)OCO3)cc(C)c1O.O=C(O)/C=C/COO. The van der Waals surface area contributed by atoms with Gasteiger partial charge in [0, 0.05) is 25.2 Å². The summed E-state index contributed by atoms with van der Waals surface area (Å²) in [6.45, 7) is 6.91. The number of ether oxygens (including phenoxy) is 3. The summed E-state index contributed by atoms with van der Waals surface area (Å²) in [5.41, 5.74) is 2.78. The standard InChI is InChI=1S/C24H30N2O5S.C4H6O4/c1-16-11-18(12-17(2)23(16)28)24-26(22(27)14-32-24)8-4-7-25(3)9-10-29-19-5-6-20-21(13-19)31-15-30-20;5-4(6)2-1-3-8-7/h5-6,11-13,24,28H,4,7-10,14-15H2,1-3H3;1-2,7H,3H2,(H,5,6)/b;2-1+/t24-;/m0./s1. The van der Waals surface area contributed by atoms with Gasteiger partial charge in [0.15, 0.2) is 11.5 Å². The molecule has 2 aromatic rings. The van der Waals surface area contributed by atoms with Crippen molar-refractivity contribution < 1.29 is 44.2 Å². The molecule has 2 aliphatic heterocycles. The molecule has 2 aromatic carbocycles. The Morgan fingerprint density at radius 1 is 1.18 bits per heavy atom. The van der Waals surface area contributed by atoms with Crippen molar-refractivity contribution in [3.05, 3.63) is 59.2 Å². The number of rotatable bonds is 12. The van der Waals surface area contributed by atoms with E-state index in [4.69, 9.17) is 24.6 Å². The Morgan fingerprint density at radius 2 is 1.90 bits per heavy atom. The van der Waals surface area contributed by atoms with E-state index in [1.807, 2.05) is 49.1 Å². The zero-order valence-corrected chi connectivity index (χ0v) is 23.7. The van der Waals surface area contributed by atoms with Crippen molar-refractivity contribution in [2.45, 2.75) is 25.6 Å². The fourth-order valence-corrected chi connectivity index (χ4v) is 5.40. The lowest BCUT2D eigenvalue weighted by Crippen LogP contribution is -2.32. The first-order valence-corrected chi connectivity index (χ1v) is 13.8. The monoisotopic (exact) mass is 576 g/mol. The van der Waals surface area contributed by atoms with Crippen molar-refractivity contribution in [2.24, 2.45) is 0 Å². The number of amides is 1. The van der Waals surface area contributed by atoms with Gasteiger partial charge >= 0.3 is 5.97 Å². The van der Waals surface area contributed by atoms with Crippen LogP contribution in [0, 0.1) is 13.8 Å². The van der Waals surface area contributed by atoms with E-state index < -0.39 is 5.97 Å². The van der Waals surface area contributed by atoms with Crippen LogP contribution in [0.5, 0.6) is 23.0 Å². The molecule has 1 fully saturated rings. The molecule has 1 saturated heterocycles. The molecule has 2 heterocycles. The van der Waals surface area contributed by atoms with Crippen LogP contribution in [-0.2, 0) is 14.5 Å². The van der Waals surface area contributed by atoms with Crippen LogP contribution < -0.4 is 14.2 Å². The topological polar surface area (TPSA) is 138 Å². The molecule has 12 heteroatoms. The van der Waals surface area contributed by atoms with Crippen LogP contribution in [0.1, 0.15) is 28.5 Å². The van der Waals surface area contributed by atoms with Gasteiger partial charge in [0.25, 0.3) is 0 Å². The number of hydrogen-bond acceptors (Lipinski definition) is 10. The van der Waals surface area contributed by atoms with Gasteiger partial charge in [-0.2, -0.15) is 0 Å². The molecule has 0 radical (unpaired) electrons. The van der Waals surface area contributed by atoms with Crippen LogP contribution in [0.2, 0.25) is 0 Å². The van der Waals surface area contributed by atoms with Crippen LogP contribution in [0.15, 0.2) is 42.5 Å². The maximum atomic E-state index is 12.5. The molecule has 1 amide bonds. The molecule has 0 unspecified atom stereocenters. The normalized spacial score (nSPS) is 16.0. The van der Waals surface area contributed by atoms with E-state index in [9.17, 15) is 14.7 Å². The van der Waals surface area contributed by atoms with Gasteiger partial charge in [0.1, 0.15) is 30.1 Å². The number of carbonyl (C=O) groups excluding carboxylic acids is 1. The number of aryl methyl sites for hydroxylation is 2. The van der Waals surface area contributed by atoms with Gasteiger partial charge in [-0.1, -0.05) is 0 Å². The lowest BCUT2D eigenvalue weighted by molar-refractivity contribution is -0.231. The summed E-state index contributed by atoms with van der Waals surface area (Å²) >= 11 is 1.66. The maximum absolute atomic E-state index is 12.5. The van der Waals surface area contributed by atoms with Crippen molar-refractivity contribution >= 4 is 23.6 Å². The number of fused-ring (bicyclic) bond motifs is 1. The molecule has 1 atom stereocenters. The highest BCUT2D eigenvalue weighted by Crippen LogP contribution is 2.40. The minimum Gasteiger partial charge on any atom is -0.507 e. The highest BCUT2D eigenvalue weighted by molar-refractivity contribution is 8.00. The van der Waals surface area contributed by atoms with Gasteiger partial charge in [0.2, 0.25) is 12.7 Å². The Labute approximate surface area is 237 Å². The number of likely N-dealkylation sites (N-methyl/N-ethyl adjacent to an activating group) is 1. The highest BCUT2D eigenvalue weighted by atomic mass is 32.2. The molecular weight excluding hydrogens is 540 g/mol. The summed E-state index contributed by atoms with van der Waals surface area (Å²) < 4.78 is 16.5. The minimum absolute atomic E-state index is 0.0140. The van der Waals surface area contributed by atoms with Crippen LogP contribution in [0.25, 0.3) is 0 Å². The zero-order chi connectivity index (χ0) is 29.1. The highest BCUT2D eigenvalue weighted by Gasteiger charge is 2.32. The van der Waals surface area contributed by atoms with Crippen molar-refractivity contribution in [3.8, 4) is 23.0 Å². The molecule has 40 heavy (non-hydrogen) atoms. The fourth-order valence-electron chi connectivity index (χ4n) is 4.20. The zero-order valence-electron chi connectivity index (χ0n) is 22.9. The smallest absolute Gasteiger partial charge is 0.328 e. The molecule has 0 spiro atoms. The summed E-state index contributed by atoms with van der Waals surface area (Å²) in [5, 5.41) is 25.6. The van der Waals surface area contributed by atoms with E-state index in [1.165, 1.54) is 6.08 Å². The summed E-state index contributed by atoms with van der Waals surface area (Å²) in [4.78, 5) is 29.9. The molecule has 2 aliphatic rings. The number of aromatic hydroxyl groups is 1. The van der Waals surface area contributed by atoms with Crippen LogP contribution in [0.3, 0.4) is 0 Å². The molecule has 3 N–H and O–H groups in total. The number of hydrogen-bond donors (Lipinski definition) is 3. The molecule has 0 aromatic heterocycles. The van der Waals surface area contributed by atoms with Gasteiger partial charge in [0.05, 0.1) is 5.75 Å². The number of phenolic OH excluding ortho intramolecular Hbond substituents is 1. The first-order valence-electron chi connectivity index (χ1n) is 12.8. The Morgan fingerprint density at radius 3 is 2.60 bits per heavy atom. The van der Waals surface area contributed by atoms with E-state index in [2.05, 4.69) is 16.8 Å². The molecule has 218 valence electrons. The number of thioether (sulfide) groups is 1. The Balaban J connectivity index is 0.000000482. The summed E-state index contributed by atoms with van der Waals surface area (Å²) in [5.74, 6) is 2.20. The van der Waals surface area contributed by atoms with Crippen molar-refractivity contribution in [1.82, 2.24) is 9.80 Å². The van der Waals surface area contributed by atoms with E-state index in [0.717, 1.165) is 59.5 Å². The lowest BCUT2D eigenvalue weighted by Gasteiger charge is -2.26. The van der Waals surface area contributed by atoms with E-state index in [1.54, 1.807) is 11.8 Å². The van der Waals surface area contributed by atoms with Gasteiger partial charge in [-0.15, -0.1) is 11.8 Å². The quantitative estimate of drug-likeness (QED) is 0.193. The van der Waals surface area contributed by atoms with Gasteiger partial charge < -0.3 is 34.2 Å². The molecule has 0 aliphatic carbocycles. The van der Waals surface area contributed by atoms with Crippen molar-refractivity contribution in [2.75, 3.05) is 52.4 Å². The van der Waals surface area contributed by atoms with Crippen LogP contribution >= 0.6 is 11.8 Å². The van der Waals surface area contributed by atoms with Gasteiger partial charge in [-0.25, -0.2) is 9.68 Å². The number of carboxylic acids is 1. The first kappa shape index (κ1) is 31.1. The van der Waals surface area contributed by atoms with E-state index in [0.29, 0.717) is 24.7 Å².